The Kier molecular flexibility index (Phi) is 2.58. The van der Waals surface area contributed by atoms with Crippen LogP contribution in [-0.2, 0) is 0 Å². The van der Waals surface area contributed by atoms with E-state index in [1.54, 1.807) is 4.52 Å². The van der Waals surface area contributed by atoms with Gasteiger partial charge >= 0.3 is 0 Å². The maximum absolute atomic E-state index is 8.76. The van der Waals surface area contributed by atoms with Crippen LogP contribution in [0.4, 0.5) is 5.82 Å². The summed E-state index contributed by atoms with van der Waals surface area (Å²) in [6.07, 6.45) is 3.05. The number of hydrogen-bond acceptors (Lipinski definition) is 6. The number of fused-ring (bicyclic) bond motifs is 1. The predicted molar refractivity (Wildman–Crippen MR) is 66.2 cm³/mol. The van der Waals surface area contributed by atoms with Crippen LogP contribution in [0.25, 0.3) is 5.78 Å². The fourth-order valence-electron chi connectivity index (χ4n) is 2.23. The van der Waals surface area contributed by atoms with E-state index in [1.807, 2.05) is 13.0 Å². The molecule has 0 aromatic carbocycles. The highest BCUT2D eigenvalue weighted by Crippen LogP contribution is 2.19. The Morgan fingerprint density at radius 2 is 2.11 bits per heavy atom. The molecule has 0 bridgehead atoms. The molecule has 7 nitrogen and oxygen atoms in total. The van der Waals surface area contributed by atoms with Gasteiger partial charge in [0.15, 0.2) is 0 Å². The quantitative estimate of drug-likeness (QED) is 0.596. The van der Waals surface area contributed by atoms with Crippen molar-refractivity contribution >= 4 is 17.3 Å². The second-order valence-corrected chi connectivity index (χ2v) is 4.38. The maximum Gasteiger partial charge on any atom is 0.254 e. The zero-order chi connectivity index (χ0) is 12.5. The van der Waals surface area contributed by atoms with Crippen molar-refractivity contribution in [3.8, 4) is 0 Å². The molecule has 2 aromatic heterocycles. The highest BCUT2D eigenvalue weighted by molar-refractivity contribution is 5.86. The SMILES string of the molecule is Cc1cc(N2CCC(=NO)CC2)n2ncnc2n1. The van der Waals surface area contributed by atoms with E-state index < -0.39 is 0 Å². The third-order valence-electron chi connectivity index (χ3n) is 3.17. The normalized spacial score (nSPS) is 16.3. The van der Waals surface area contributed by atoms with E-state index in [1.165, 1.54) is 6.33 Å². The first-order valence-corrected chi connectivity index (χ1v) is 5.90. The van der Waals surface area contributed by atoms with Crippen molar-refractivity contribution in [1.82, 2.24) is 19.6 Å². The van der Waals surface area contributed by atoms with Gasteiger partial charge in [0, 0.05) is 37.7 Å². The highest BCUT2D eigenvalue weighted by Gasteiger charge is 2.19. The fraction of sp³-hybridized carbons (Fsp3) is 0.455. The highest BCUT2D eigenvalue weighted by atomic mass is 16.4. The van der Waals surface area contributed by atoms with Crippen molar-refractivity contribution in [3.05, 3.63) is 18.1 Å². The van der Waals surface area contributed by atoms with Gasteiger partial charge in [-0.15, -0.1) is 0 Å². The molecule has 7 heteroatoms. The van der Waals surface area contributed by atoms with Crippen molar-refractivity contribution in [2.24, 2.45) is 5.16 Å². The number of aromatic nitrogens is 4. The van der Waals surface area contributed by atoms with Crippen molar-refractivity contribution < 1.29 is 5.21 Å². The minimum absolute atomic E-state index is 0.617. The Morgan fingerprint density at radius 1 is 1.33 bits per heavy atom. The lowest BCUT2D eigenvalue weighted by Crippen LogP contribution is -2.35. The molecule has 1 fully saturated rings. The van der Waals surface area contributed by atoms with Crippen LogP contribution in [0.15, 0.2) is 17.5 Å². The Morgan fingerprint density at radius 3 is 2.83 bits per heavy atom. The first kappa shape index (κ1) is 10.9. The monoisotopic (exact) mass is 246 g/mol. The zero-order valence-corrected chi connectivity index (χ0v) is 10.1. The molecule has 94 valence electrons. The van der Waals surface area contributed by atoms with Gasteiger partial charge in [0.1, 0.15) is 12.1 Å². The molecule has 0 atom stereocenters. The number of aryl methyl sites for hydroxylation is 1. The molecule has 18 heavy (non-hydrogen) atoms. The molecule has 0 amide bonds. The minimum atomic E-state index is 0.617. The summed E-state index contributed by atoms with van der Waals surface area (Å²) in [6, 6.07) is 2.00. The van der Waals surface area contributed by atoms with Crippen molar-refractivity contribution in [2.75, 3.05) is 18.0 Å². The van der Waals surface area contributed by atoms with E-state index in [0.717, 1.165) is 43.2 Å². The second kappa shape index (κ2) is 4.25. The van der Waals surface area contributed by atoms with E-state index in [4.69, 9.17) is 5.21 Å². The van der Waals surface area contributed by atoms with Crippen LogP contribution in [-0.4, -0.2) is 43.6 Å². The second-order valence-electron chi connectivity index (χ2n) is 4.38. The molecule has 1 aliphatic heterocycles. The molecule has 0 radical (unpaired) electrons. The lowest BCUT2D eigenvalue weighted by Gasteiger charge is -2.29. The number of nitrogens with zero attached hydrogens (tertiary/aromatic N) is 6. The summed E-state index contributed by atoms with van der Waals surface area (Å²) in [7, 11) is 0. The summed E-state index contributed by atoms with van der Waals surface area (Å²) in [4.78, 5) is 10.7. The molecule has 3 rings (SSSR count). The van der Waals surface area contributed by atoms with Crippen molar-refractivity contribution in [3.63, 3.8) is 0 Å². The molecule has 0 saturated carbocycles. The van der Waals surface area contributed by atoms with Gasteiger partial charge in [0.25, 0.3) is 5.78 Å². The largest absolute Gasteiger partial charge is 0.411 e. The summed E-state index contributed by atoms with van der Waals surface area (Å²) in [5, 5.41) is 16.2. The van der Waals surface area contributed by atoms with Crippen LogP contribution >= 0.6 is 0 Å². The third-order valence-corrected chi connectivity index (χ3v) is 3.17. The van der Waals surface area contributed by atoms with Crippen LogP contribution in [0.2, 0.25) is 0 Å². The first-order valence-electron chi connectivity index (χ1n) is 5.90. The van der Waals surface area contributed by atoms with E-state index in [-0.39, 0.29) is 0 Å². The smallest absolute Gasteiger partial charge is 0.254 e. The Hall–Kier alpha value is -2.18. The van der Waals surface area contributed by atoms with Gasteiger partial charge in [-0.05, 0) is 6.92 Å². The van der Waals surface area contributed by atoms with Crippen molar-refractivity contribution in [1.29, 1.82) is 0 Å². The van der Waals surface area contributed by atoms with Crippen molar-refractivity contribution in [2.45, 2.75) is 19.8 Å². The molecule has 0 spiro atoms. The van der Waals surface area contributed by atoms with Crippen LogP contribution in [0, 0.1) is 6.92 Å². The molecular weight excluding hydrogens is 232 g/mol. The number of rotatable bonds is 1. The molecule has 0 aliphatic carbocycles. The summed E-state index contributed by atoms with van der Waals surface area (Å²) < 4.78 is 1.74. The number of anilines is 1. The maximum atomic E-state index is 8.76. The standard InChI is InChI=1S/C11H14N6O/c1-8-6-10(17-11(14-8)12-7-13-17)16-4-2-9(15-18)3-5-16/h6-7,18H,2-5H2,1H3. The van der Waals surface area contributed by atoms with Gasteiger partial charge in [-0.1, -0.05) is 5.16 Å². The molecule has 1 saturated heterocycles. The van der Waals surface area contributed by atoms with Crippen LogP contribution < -0.4 is 4.90 Å². The number of hydrogen-bond donors (Lipinski definition) is 1. The number of oxime groups is 1. The molecule has 1 aliphatic rings. The van der Waals surface area contributed by atoms with Gasteiger partial charge in [0.2, 0.25) is 0 Å². The summed E-state index contributed by atoms with van der Waals surface area (Å²) in [6.45, 7) is 3.58. The first-order chi connectivity index (χ1) is 8.78. The van der Waals surface area contributed by atoms with E-state index in [9.17, 15) is 0 Å². The minimum Gasteiger partial charge on any atom is -0.411 e. The predicted octanol–water partition coefficient (Wildman–Crippen LogP) is 0.863. The summed E-state index contributed by atoms with van der Waals surface area (Å²) >= 11 is 0. The van der Waals surface area contributed by atoms with E-state index >= 15 is 0 Å². The third kappa shape index (κ3) is 1.77. The summed E-state index contributed by atoms with van der Waals surface area (Å²) in [5.74, 6) is 1.61. The van der Waals surface area contributed by atoms with Gasteiger partial charge < -0.3 is 10.1 Å². The van der Waals surface area contributed by atoms with E-state index in [0.29, 0.717) is 5.78 Å². The average Bonchev–Trinajstić information content (AvgIpc) is 2.86. The average molecular weight is 246 g/mol. The fourth-order valence-corrected chi connectivity index (χ4v) is 2.23. The van der Waals surface area contributed by atoms with Gasteiger partial charge in [-0.25, -0.2) is 4.98 Å². The Bertz CT molecular complexity index is 595. The lowest BCUT2D eigenvalue weighted by molar-refractivity contribution is 0.315. The van der Waals surface area contributed by atoms with Gasteiger partial charge in [-0.2, -0.15) is 14.6 Å². The summed E-state index contributed by atoms with van der Waals surface area (Å²) in [5.41, 5.74) is 1.78. The zero-order valence-electron chi connectivity index (χ0n) is 10.1. The number of piperidine rings is 1. The molecule has 0 unspecified atom stereocenters. The van der Waals surface area contributed by atoms with Crippen LogP contribution in [0.3, 0.4) is 0 Å². The Balaban J connectivity index is 1.97. The Labute approximate surface area is 104 Å². The van der Waals surface area contributed by atoms with E-state index in [2.05, 4.69) is 25.1 Å². The van der Waals surface area contributed by atoms with Gasteiger partial charge in [0.05, 0.1) is 5.71 Å². The molecule has 2 aromatic rings. The molecule has 3 heterocycles. The molecule has 1 N–H and O–H groups in total. The van der Waals surface area contributed by atoms with Crippen LogP contribution in [0.1, 0.15) is 18.5 Å². The lowest BCUT2D eigenvalue weighted by atomic mass is 10.1. The van der Waals surface area contributed by atoms with Crippen LogP contribution in [0.5, 0.6) is 0 Å². The molecular formula is C11H14N6O. The van der Waals surface area contributed by atoms with Gasteiger partial charge in [-0.3, -0.25) is 0 Å². The topological polar surface area (TPSA) is 78.9 Å².